The van der Waals surface area contributed by atoms with Crippen molar-refractivity contribution in [1.29, 1.82) is 0 Å². The van der Waals surface area contributed by atoms with E-state index >= 15 is 0 Å². The van der Waals surface area contributed by atoms with Crippen LogP contribution in [0.4, 0.5) is 0 Å². The Morgan fingerprint density at radius 1 is 1.36 bits per heavy atom. The number of nitrogen functional groups attached to an aromatic ring is 1. The predicted octanol–water partition coefficient (Wildman–Crippen LogP) is 0.688. The van der Waals surface area contributed by atoms with Crippen LogP contribution in [0, 0.1) is 19.8 Å². The molecular formula is C17H25N7O3S. The van der Waals surface area contributed by atoms with E-state index in [4.69, 9.17) is 10.6 Å². The van der Waals surface area contributed by atoms with Crippen LogP contribution >= 0.6 is 11.8 Å². The van der Waals surface area contributed by atoms with Crippen LogP contribution in [0.3, 0.4) is 0 Å². The van der Waals surface area contributed by atoms with Gasteiger partial charge in [-0.2, -0.15) is 5.10 Å². The summed E-state index contributed by atoms with van der Waals surface area (Å²) in [5.74, 6) is 6.11. The molecule has 0 spiro atoms. The molecule has 0 aromatic carbocycles. The first kappa shape index (κ1) is 20.2. The summed E-state index contributed by atoms with van der Waals surface area (Å²) >= 11 is 1.21. The van der Waals surface area contributed by atoms with Gasteiger partial charge in [0.1, 0.15) is 0 Å². The smallest absolute Gasteiger partial charge is 0.310 e. The van der Waals surface area contributed by atoms with Gasteiger partial charge >= 0.3 is 5.97 Å². The Morgan fingerprint density at radius 2 is 2.14 bits per heavy atom. The Bertz CT molecular complexity index is 863. The quantitative estimate of drug-likeness (QED) is 0.422. The Labute approximate surface area is 167 Å². The van der Waals surface area contributed by atoms with Crippen LogP contribution in [0.2, 0.25) is 0 Å². The van der Waals surface area contributed by atoms with Gasteiger partial charge in [0.2, 0.25) is 11.1 Å². The summed E-state index contributed by atoms with van der Waals surface area (Å²) in [5.41, 5.74) is 1.74. The number of carbonyl (C=O) groups is 2. The van der Waals surface area contributed by atoms with Crippen molar-refractivity contribution in [2.24, 2.45) is 5.92 Å². The number of ether oxygens (including phenoxy) is 1. The summed E-state index contributed by atoms with van der Waals surface area (Å²) in [6, 6.07) is 1.92. The second kappa shape index (κ2) is 8.63. The lowest BCUT2D eigenvalue weighted by molar-refractivity contribution is -0.151. The fraction of sp³-hybridized carbons (Fsp3) is 0.588. The maximum atomic E-state index is 12.6. The molecule has 3 heterocycles. The van der Waals surface area contributed by atoms with E-state index in [1.165, 1.54) is 16.4 Å². The Morgan fingerprint density at radius 3 is 2.82 bits per heavy atom. The molecule has 1 unspecified atom stereocenters. The normalized spacial score (nSPS) is 17.0. The summed E-state index contributed by atoms with van der Waals surface area (Å²) in [7, 11) is 0. The minimum Gasteiger partial charge on any atom is -0.466 e. The number of amides is 1. The van der Waals surface area contributed by atoms with Gasteiger partial charge in [-0.05, 0) is 39.7 Å². The van der Waals surface area contributed by atoms with Crippen LogP contribution in [0.15, 0.2) is 11.2 Å². The molecule has 11 heteroatoms. The number of hydrogen-bond donors (Lipinski definition) is 1. The predicted molar refractivity (Wildman–Crippen MR) is 103 cm³/mol. The minimum atomic E-state index is -0.251. The second-order valence-corrected chi connectivity index (χ2v) is 7.65. The summed E-state index contributed by atoms with van der Waals surface area (Å²) in [5, 5.41) is 12.9. The molecule has 0 radical (unpaired) electrons. The number of nitrogens with zero attached hydrogens (tertiary/aromatic N) is 6. The van der Waals surface area contributed by atoms with Crippen LogP contribution in [0.5, 0.6) is 0 Å². The highest BCUT2D eigenvalue weighted by atomic mass is 32.2. The molecule has 2 N–H and O–H groups in total. The van der Waals surface area contributed by atoms with Crippen LogP contribution in [-0.4, -0.2) is 66.9 Å². The average Bonchev–Trinajstić information content (AvgIpc) is 3.20. The van der Waals surface area contributed by atoms with Gasteiger partial charge in [-0.25, -0.2) is 9.36 Å². The molecule has 1 aliphatic heterocycles. The van der Waals surface area contributed by atoms with Crippen molar-refractivity contribution in [3.8, 4) is 5.95 Å². The third-order valence-electron chi connectivity index (χ3n) is 4.56. The lowest BCUT2D eigenvalue weighted by Crippen LogP contribution is -2.43. The number of nitrogens with two attached hydrogens (primary N) is 1. The fourth-order valence-electron chi connectivity index (χ4n) is 3.22. The molecule has 1 aliphatic rings. The summed E-state index contributed by atoms with van der Waals surface area (Å²) in [6.07, 6.45) is 1.54. The SMILES string of the molecule is CCOC(=O)C1CCCN(C(=O)CSc2nnc(-n3nc(C)cc3C)n2N)C1. The van der Waals surface area contributed by atoms with Gasteiger partial charge in [0.05, 0.1) is 24.0 Å². The number of thioether (sulfide) groups is 1. The topological polar surface area (TPSA) is 121 Å². The van der Waals surface area contributed by atoms with E-state index < -0.39 is 0 Å². The van der Waals surface area contributed by atoms with Crippen LogP contribution in [0.1, 0.15) is 31.2 Å². The summed E-state index contributed by atoms with van der Waals surface area (Å²) in [4.78, 5) is 26.2. The number of likely N-dealkylation sites (tertiary alicyclic amines) is 1. The van der Waals surface area contributed by atoms with Gasteiger partial charge in [0.15, 0.2) is 0 Å². The number of aryl methyl sites for hydroxylation is 2. The monoisotopic (exact) mass is 407 g/mol. The van der Waals surface area contributed by atoms with Crippen molar-refractivity contribution in [2.45, 2.75) is 38.8 Å². The molecule has 1 fully saturated rings. The number of hydrogen-bond acceptors (Lipinski definition) is 8. The highest BCUT2D eigenvalue weighted by Gasteiger charge is 2.29. The Kier molecular flexibility index (Phi) is 6.22. The van der Waals surface area contributed by atoms with Gasteiger partial charge in [0, 0.05) is 18.8 Å². The molecule has 10 nitrogen and oxygen atoms in total. The number of carbonyl (C=O) groups excluding carboxylic acids is 2. The van der Waals surface area contributed by atoms with Gasteiger partial charge in [-0.3, -0.25) is 9.59 Å². The van der Waals surface area contributed by atoms with E-state index in [1.54, 1.807) is 16.5 Å². The van der Waals surface area contributed by atoms with E-state index in [0.717, 1.165) is 24.2 Å². The largest absolute Gasteiger partial charge is 0.466 e. The molecule has 2 aromatic rings. The second-order valence-electron chi connectivity index (χ2n) is 6.71. The molecule has 1 saturated heterocycles. The maximum Gasteiger partial charge on any atom is 0.310 e. The zero-order valence-corrected chi connectivity index (χ0v) is 17.1. The number of esters is 1. The molecule has 28 heavy (non-hydrogen) atoms. The zero-order valence-electron chi connectivity index (χ0n) is 16.3. The highest BCUT2D eigenvalue weighted by Crippen LogP contribution is 2.21. The van der Waals surface area contributed by atoms with E-state index in [-0.39, 0.29) is 23.5 Å². The Balaban J connectivity index is 1.60. The molecule has 1 atom stereocenters. The van der Waals surface area contributed by atoms with Gasteiger partial charge < -0.3 is 15.5 Å². The Hall–Kier alpha value is -2.56. The molecule has 2 aromatic heterocycles. The van der Waals surface area contributed by atoms with E-state index in [2.05, 4.69) is 15.3 Å². The van der Waals surface area contributed by atoms with Crippen LogP contribution in [0.25, 0.3) is 5.95 Å². The third kappa shape index (κ3) is 4.29. The van der Waals surface area contributed by atoms with Crippen molar-refractivity contribution < 1.29 is 14.3 Å². The number of piperidine rings is 1. The van der Waals surface area contributed by atoms with E-state index in [1.807, 2.05) is 19.9 Å². The maximum absolute atomic E-state index is 12.6. The van der Waals surface area contributed by atoms with Gasteiger partial charge in [-0.1, -0.05) is 11.8 Å². The molecule has 0 saturated carbocycles. The molecule has 152 valence electrons. The number of rotatable bonds is 6. The first-order valence-corrected chi connectivity index (χ1v) is 10.2. The van der Waals surface area contributed by atoms with Crippen molar-refractivity contribution in [3.05, 3.63) is 17.5 Å². The van der Waals surface area contributed by atoms with E-state index in [0.29, 0.717) is 30.8 Å². The third-order valence-corrected chi connectivity index (χ3v) is 5.49. The molecule has 3 rings (SSSR count). The number of aromatic nitrogens is 5. The lowest BCUT2D eigenvalue weighted by atomic mass is 9.98. The lowest BCUT2D eigenvalue weighted by Gasteiger charge is -2.31. The van der Waals surface area contributed by atoms with Gasteiger partial charge in [-0.15, -0.1) is 10.2 Å². The zero-order chi connectivity index (χ0) is 20.3. The summed E-state index contributed by atoms with van der Waals surface area (Å²) < 4.78 is 8.02. The van der Waals surface area contributed by atoms with Crippen LogP contribution < -0.4 is 5.84 Å². The molecule has 0 bridgehead atoms. The molecule has 0 aliphatic carbocycles. The minimum absolute atomic E-state index is 0.0605. The standard InChI is InChI=1S/C17H25N7O3S/c1-4-27-15(26)13-6-5-7-22(9-13)14(25)10-28-17-20-19-16(23(17)18)24-12(3)8-11(2)21-24/h8,13H,4-7,9-10,18H2,1-3H3. The first-order chi connectivity index (χ1) is 13.4. The van der Waals surface area contributed by atoms with Crippen molar-refractivity contribution in [1.82, 2.24) is 29.6 Å². The van der Waals surface area contributed by atoms with Crippen molar-refractivity contribution in [2.75, 3.05) is 31.3 Å². The van der Waals surface area contributed by atoms with Gasteiger partial charge in [0.25, 0.3) is 5.95 Å². The molecular weight excluding hydrogens is 382 g/mol. The van der Waals surface area contributed by atoms with Crippen molar-refractivity contribution in [3.63, 3.8) is 0 Å². The summed E-state index contributed by atoms with van der Waals surface area (Å²) in [6.45, 7) is 6.96. The molecule has 1 amide bonds. The fourth-order valence-corrected chi connectivity index (χ4v) is 3.97. The first-order valence-electron chi connectivity index (χ1n) is 9.22. The van der Waals surface area contributed by atoms with Crippen molar-refractivity contribution >= 4 is 23.6 Å². The van der Waals surface area contributed by atoms with Crippen LogP contribution in [-0.2, 0) is 14.3 Å². The highest BCUT2D eigenvalue weighted by molar-refractivity contribution is 7.99. The average molecular weight is 408 g/mol. The van der Waals surface area contributed by atoms with E-state index in [9.17, 15) is 9.59 Å².